The Hall–Kier alpha value is -2.28. The van der Waals surface area contributed by atoms with Gasteiger partial charge in [-0.1, -0.05) is 12.1 Å². The van der Waals surface area contributed by atoms with Gasteiger partial charge < -0.3 is 15.0 Å². The number of hydrogen-bond acceptors (Lipinski definition) is 5. The zero-order valence-electron chi connectivity index (χ0n) is 11.7. The van der Waals surface area contributed by atoms with Gasteiger partial charge in [0, 0.05) is 11.9 Å². The van der Waals surface area contributed by atoms with Crippen LogP contribution in [0.25, 0.3) is 0 Å². The van der Waals surface area contributed by atoms with E-state index in [1.807, 2.05) is 0 Å². The minimum atomic E-state index is -3.30. The van der Waals surface area contributed by atoms with Crippen molar-refractivity contribution < 1.29 is 17.9 Å². The summed E-state index contributed by atoms with van der Waals surface area (Å²) in [7, 11) is -1.99. The van der Waals surface area contributed by atoms with E-state index in [-0.39, 0.29) is 4.90 Å². The number of aromatic amines is 1. The summed E-state index contributed by atoms with van der Waals surface area (Å²) >= 11 is 0. The van der Waals surface area contributed by atoms with Crippen LogP contribution in [0.1, 0.15) is 16.2 Å². The molecule has 0 aliphatic rings. The van der Waals surface area contributed by atoms with E-state index >= 15 is 0 Å². The number of para-hydroxylation sites is 1. The van der Waals surface area contributed by atoms with Crippen LogP contribution in [0.3, 0.4) is 0 Å². The number of aromatic nitrogens is 1. The quantitative estimate of drug-likeness (QED) is 0.823. The Morgan fingerprint density at radius 2 is 1.95 bits per heavy atom. The number of anilines is 1. The van der Waals surface area contributed by atoms with Gasteiger partial charge in [-0.3, -0.25) is 0 Å². The minimum Gasteiger partial charge on any atom is -0.464 e. The van der Waals surface area contributed by atoms with Crippen molar-refractivity contribution in [3.63, 3.8) is 0 Å². The third-order valence-corrected chi connectivity index (χ3v) is 4.06. The molecule has 7 heteroatoms. The first-order chi connectivity index (χ1) is 9.91. The molecular formula is C14H16N2O4S. The molecule has 0 saturated heterocycles. The molecule has 0 bridgehead atoms. The first kappa shape index (κ1) is 15.1. The number of carbonyl (C=O) groups excluding carboxylic acids is 1. The number of nitrogens with one attached hydrogen (secondary N) is 2. The number of hydrogen-bond donors (Lipinski definition) is 2. The molecular weight excluding hydrogens is 292 g/mol. The molecule has 0 aliphatic heterocycles. The molecule has 1 aromatic carbocycles. The van der Waals surface area contributed by atoms with Crippen molar-refractivity contribution in [1.29, 1.82) is 0 Å². The third-order valence-electron chi connectivity index (χ3n) is 2.91. The van der Waals surface area contributed by atoms with E-state index < -0.39 is 15.8 Å². The van der Waals surface area contributed by atoms with Crippen molar-refractivity contribution in [1.82, 2.24) is 4.98 Å². The fourth-order valence-electron chi connectivity index (χ4n) is 1.90. The molecule has 0 unspecified atom stereocenters. The van der Waals surface area contributed by atoms with Gasteiger partial charge in [0.2, 0.25) is 0 Å². The molecule has 6 nitrogen and oxygen atoms in total. The molecule has 0 spiro atoms. The summed E-state index contributed by atoms with van der Waals surface area (Å²) in [5, 5.41) is 3.04. The van der Waals surface area contributed by atoms with Crippen LogP contribution in [-0.2, 0) is 21.1 Å². The zero-order valence-corrected chi connectivity index (χ0v) is 12.5. The van der Waals surface area contributed by atoms with Gasteiger partial charge in [-0.25, -0.2) is 13.2 Å². The van der Waals surface area contributed by atoms with Gasteiger partial charge in [-0.05, 0) is 24.3 Å². The molecule has 2 rings (SSSR count). The number of H-pyrrole nitrogens is 1. The molecule has 21 heavy (non-hydrogen) atoms. The zero-order chi connectivity index (χ0) is 15.5. The summed E-state index contributed by atoms with van der Waals surface area (Å²) < 4.78 is 28.0. The Bertz CT molecular complexity index is 750. The number of sulfone groups is 1. The van der Waals surface area contributed by atoms with Crippen molar-refractivity contribution in [2.24, 2.45) is 0 Å². The number of benzene rings is 1. The van der Waals surface area contributed by atoms with E-state index in [0.29, 0.717) is 17.9 Å². The smallest absolute Gasteiger partial charge is 0.354 e. The molecule has 112 valence electrons. The van der Waals surface area contributed by atoms with E-state index in [9.17, 15) is 13.2 Å². The van der Waals surface area contributed by atoms with Crippen molar-refractivity contribution in [2.75, 3.05) is 18.7 Å². The molecule has 0 radical (unpaired) electrons. The predicted molar refractivity (Wildman–Crippen MR) is 79.0 cm³/mol. The van der Waals surface area contributed by atoms with E-state index in [1.165, 1.54) is 7.11 Å². The lowest BCUT2D eigenvalue weighted by molar-refractivity contribution is 0.0594. The molecule has 1 aromatic heterocycles. The number of ether oxygens (including phenoxy) is 1. The van der Waals surface area contributed by atoms with Gasteiger partial charge in [0.1, 0.15) is 5.69 Å². The van der Waals surface area contributed by atoms with Crippen LogP contribution in [-0.4, -0.2) is 32.7 Å². The number of carbonyl (C=O) groups is 1. The highest BCUT2D eigenvalue weighted by atomic mass is 32.2. The maximum atomic E-state index is 11.7. The SMILES string of the molecule is COC(=O)c1ccc(CNc2ccccc2S(C)(=O)=O)[nH]1. The summed E-state index contributed by atoms with van der Waals surface area (Å²) in [6, 6.07) is 10.0. The highest BCUT2D eigenvalue weighted by Gasteiger charge is 2.13. The predicted octanol–water partition coefficient (Wildman–Crippen LogP) is 1.82. The first-order valence-electron chi connectivity index (χ1n) is 6.21. The highest BCUT2D eigenvalue weighted by Crippen LogP contribution is 2.21. The maximum Gasteiger partial charge on any atom is 0.354 e. The number of esters is 1. The van der Waals surface area contributed by atoms with Crippen LogP contribution in [0, 0.1) is 0 Å². The van der Waals surface area contributed by atoms with Crippen molar-refractivity contribution in [2.45, 2.75) is 11.4 Å². The normalized spacial score (nSPS) is 11.1. The summed E-state index contributed by atoms with van der Waals surface area (Å²) in [4.78, 5) is 14.5. The Morgan fingerprint density at radius 1 is 1.24 bits per heavy atom. The van der Waals surface area contributed by atoms with E-state index in [0.717, 1.165) is 11.9 Å². The van der Waals surface area contributed by atoms with Crippen molar-refractivity contribution in [3.05, 3.63) is 47.8 Å². The minimum absolute atomic E-state index is 0.241. The van der Waals surface area contributed by atoms with Crippen molar-refractivity contribution in [3.8, 4) is 0 Å². The fourth-order valence-corrected chi connectivity index (χ4v) is 2.76. The lowest BCUT2D eigenvalue weighted by atomic mass is 10.3. The standard InChI is InChI=1S/C14H16N2O4S/c1-20-14(17)12-8-7-10(16-12)9-15-11-5-3-4-6-13(11)21(2,18)19/h3-8,15-16H,9H2,1-2H3. The molecule has 2 N–H and O–H groups in total. The molecule has 0 fully saturated rings. The van der Waals surface area contributed by atoms with Crippen LogP contribution in [0.2, 0.25) is 0 Å². The van der Waals surface area contributed by atoms with Gasteiger partial charge in [-0.15, -0.1) is 0 Å². The second-order valence-corrected chi connectivity index (χ2v) is 6.49. The molecule has 0 atom stereocenters. The van der Waals surface area contributed by atoms with Gasteiger partial charge in [-0.2, -0.15) is 0 Å². The lowest BCUT2D eigenvalue weighted by Gasteiger charge is -2.09. The van der Waals surface area contributed by atoms with Crippen LogP contribution >= 0.6 is 0 Å². The Balaban J connectivity index is 2.14. The number of rotatable bonds is 5. The van der Waals surface area contributed by atoms with Gasteiger partial charge in [0.05, 0.1) is 24.2 Å². The highest BCUT2D eigenvalue weighted by molar-refractivity contribution is 7.90. The van der Waals surface area contributed by atoms with Gasteiger partial charge in [0.25, 0.3) is 0 Å². The Morgan fingerprint density at radius 3 is 2.62 bits per heavy atom. The maximum absolute atomic E-state index is 11.7. The summed E-state index contributed by atoms with van der Waals surface area (Å²) in [5.41, 5.74) is 1.62. The lowest BCUT2D eigenvalue weighted by Crippen LogP contribution is -2.07. The van der Waals surface area contributed by atoms with Crippen LogP contribution in [0.15, 0.2) is 41.3 Å². The van der Waals surface area contributed by atoms with Crippen molar-refractivity contribution >= 4 is 21.5 Å². The van der Waals surface area contributed by atoms with Gasteiger partial charge >= 0.3 is 5.97 Å². The average molecular weight is 308 g/mol. The number of methoxy groups -OCH3 is 1. The monoisotopic (exact) mass is 308 g/mol. The Kier molecular flexibility index (Phi) is 4.32. The van der Waals surface area contributed by atoms with Crippen LogP contribution in [0.4, 0.5) is 5.69 Å². The second kappa shape index (κ2) is 6.01. The topological polar surface area (TPSA) is 88.3 Å². The third kappa shape index (κ3) is 3.63. The molecule has 0 amide bonds. The largest absolute Gasteiger partial charge is 0.464 e. The Labute approximate surface area is 123 Å². The summed E-state index contributed by atoms with van der Waals surface area (Å²) in [5.74, 6) is -0.446. The molecule has 1 heterocycles. The van der Waals surface area contributed by atoms with E-state index in [1.54, 1.807) is 36.4 Å². The average Bonchev–Trinajstić information content (AvgIpc) is 2.92. The van der Waals surface area contributed by atoms with Gasteiger partial charge in [0.15, 0.2) is 9.84 Å². The molecule has 2 aromatic rings. The fraction of sp³-hybridized carbons (Fsp3) is 0.214. The van der Waals surface area contributed by atoms with Crippen LogP contribution in [0.5, 0.6) is 0 Å². The van der Waals surface area contributed by atoms with E-state index in [4.69, 9.17) is 0 Å². The first-order valence-corrected chi connectivity index (χ1v) is 8.10. The molecule has 0 aliphatic carbocycles. The second-order valence-electron chi connectivity index (χ2n) is 4.51. The van der Waals surface area contributed by atoms with Crippen LogP contribution < -0.4 is 5.32 Å². The summed E-state index contributed by atoms with van der Waals surface area (Å²) in [6.45, 7) is 0.365. The summed E-state index contributed by atoms with van der Waals surface area (Å²) in [6.07, 6.45) is 1.16. The van der Waals surface area contributed by atoms with E-state index in [2.05, 4.69) is 15.0 Å². The molecule has 0 saturated carbocycles.